The first kappa shape index (κ1) is 13.4. The second-order valence-corrected chi connectivity index (χ2v) is 6.93. The molecule has 5 heteroatoms. The zero-order chi connectivity index (χ0) is 13.3. The molecule has 1 aliphatic rings. The Hall–Kier alpha value is -1.07. The first-order valence-electron chi connectivity index (χ1n) is 6.27. The zero-order valence-corrected chi connectivity index (χ0v) is 11.6. The lowest BCUT2D eigenvalue weighted by molar-refractivity contribution is 0.530. The number of hydrogen-bond donors (Lipinski definition) is 2. The molecule has 1 aliphatic carbocycles. The molecule has 18 heavy (non-hydrogen) atoms. The maximum Gasteiger partial charge on any atom is 0.242 e. The minimum atomic E-state index is -3.50. The number of nitrogens with one attached hydrogen (secondary N) is 1. The average molecular weight is 268 g/mol. The largest absolute Gasteiger partial charge is 0.398 e. The summed E-state index contributed by atoms with van der Waals surface area (Å²) >= 11 is 0. The van der Waals surface area contributed by atoms with Gasteiger partial charge in [-0.25, -0.2) is 13.1 Å². The van der Waals surface area contributed by atoms with Crippen molar-refractivity contribution in [2.45, 2.75) is 44.0 Å². The van der Waals surface area contributed by atoms with Crippen molar-refractivity contribution >= 4 is 15.7 Å². The van der Waals surface area contributed by atoms with Crippen molar-refractivity contribution in [2.24, 2.45) is 5.92 Å². The van der Waals surface area contributed by atoms with Crippen molar-refractivity contribution in [1.82, 2.24) is 4.72 Å². The normalized spacial score (nSPS) is 17.7. The van der Waals surface area contributed by atoms with Gasteiger partial charge in [0.2, 0.25) is 10.0 Å². The van der Waals surface area contributed by atoms with Crippen molar-refractivity contribution in [1.29, 1.82) is 0 Å². The predicted octanol–water partition coefficient (Wildman–Crippen LogP) is 2.04. The number of rotatable bonds is 5. The Morgan fingerprint density at radius 1 is 1.44 bits per heavy atom. The van der Waals surface area contributed by atoms with Crippen LogP contribution in [0.5, 0.6) is 0 Å². The highest BCUT2D eigenvalue weighted by atomic mass is 32.2. The molecule has 1 aromatic rings. The number of sulfonamides is 1. The molecule has 0 spiro atoms. The van der Waals surface area contributed by atoms with E-state index in [2.05, 4.69) is 4.72 Å². The third-order valence-corrected chi connectivity index (χ3v) is 4.86. The average Bonchev–Trinajstić information content (AvgIpc) is 2.99. The lowest BCUT2D eigenvalue weighted by Gasteiger charge is -2.15. The van der Waals surface area contributed by atoms with E-state index in [1.165, 1.54) is 12.8 Å². The van der Waals surface area contributed by atoms with Gasteiger partial charge in [0.05, 0.1) is 5.69 Å². The summed E-state index contributed by atoms with van der Waals surface area (Å²) in [5.74, 6) is 0.693. The van der Waals surface area contributed by atoms with Gasteiger partial charge in [0.15, 0.2) is 0 Å². The summed E-state index contributed by atoms with van der Waals surface area (Å²) in [7, 11) is -3.50. The molecule has 0 heterocycles. The molecule has 1 saturated carbocycles. The van der Waals surface area contributed by atoms with Gasteiger partial charge in [0.25, 0.3) is 0 Å². The monoisotopic (exact) mass is 268 g/mol. The number of anilines is 1. The van der Waals surface area contributed by atoms with E-state index in [9.17, 15) is 8.42 Å². The van der Waals surface area contributed by atoms with Crippen LogP contribution in [0.1, 0.15) is 31.7 Å². The van der Waals surface area contributed by atoms with Gasteiger partial charge < -0.3 is 5.73 Å². The van der Waals surface area contributed by atoms with Crippen LogP contribution >= 0.6 is 0 Å². The van der Waals surface area contributed by atoms with Crippen molar-refractivity contribution in [3.05, 3.63) is 23.8 Å². The lowest BCUT2D eigenvalue weighted by atomic mass is 10.2. The maximum atomic E-state index is 12.2. The highest BCUT2D eigenvalue weighted by molar-refractivity contribution is 7.89. The third kappa shape index (κ3) is 3.23. The quantitative estimate of drug-likeness (QED) is 0.803. The number of benzene rings is 1. The smallest absolute Gasteiger partial charge is 0.242 e. The van der Waals surface area contributed by atoms with E-state index in [4.69, 9.17) is 5.73 Å². The fourth-order valence-electron chi connectivity index (χ4n) is 2.14. The van der Waals surface area contributed by atoms with E-state index in [0.717, 1.165) is 12.0 Å². The Labute approximate surface area is 109 Å². The van der Waals surface area contributed by atoms with Gasteiger partial charge >= 0.3 is 0 Å². The van der Waals surface area contributed by atoms with Crippen LogP contribution in [-0.2, 0) is 10.0 Å². The maximum absolute atomic E-state index is 12.2. The van der Waals surface area contributed by atoms with E-state index in [1.807, 2.05) is 13.8 Å². The zero-order valence-electron chi connectivity index (χ0n) is 10.8. The number of nitrogen functional groups attached to an aromatic ring is 1. The van der Waals surface area contributed by atoms with Crippen LogP contribution in [-0.4, -0.2) is 14.5 Å². The van der Waals surface area contributed by atoms with E-state index >= 15 is 0 Å². The highest BCUT2D eigenvalue weighted by Crippen LogP contribution is 2.33. The Kier molecular flexibility index (Phi) is 3.64. The molecule has 1 fully saturated rings. The summed E-state index contributed by atoms with van der Waals surface area (Å²) in [5.41, 5.74) is 7.04. The highest BCUT2D eigenvalue weighted by Gasteiger charge is 2.26. The minimum Gasteiger partial charge on any atom is -0.398 e. The SMILES string of the molecule is Cc1ccc(S(=O)(=O)NC(C)CC2CC2)c(N)c1. The molecule has 4 nitrogen and oxygen atoms in total. The standard InChI is InChI=1S/C13H20N2O2S/c1-9-3-6-13(12(14)7-9)18(16,17)15-10(2)8-11-4-5-11/h3,6-7,10-11,15H,4-5,8,14H2,1-2H3. The summed E-state index contributed by atoms with van der Waals surface area (Å²) in [6.45, 7) is 3.79. The molecular formula is C13H20N2O2S. The molecule has 2 rings (SSSR count). The number of aryl methyl sites for hydroxylation is 1. The third-order valence-electron chi connectivity index (χ3n) is 3.19. The first-order valence-corrected chi connectivity index (χ1v) is 7.75. The second-order valence-electron chi connectivity index (χ2n) is 5.24. The Bertz CT molecular complexity index is 536. The molecular weight excluding hydrogens is 248 g/mol. The van der Waals surface area contributed by atoms with Gasteiger partial charge in [-0.3, -0.25) is 0 Å². The predicted molar refractivity (Wildman–Crippen MR) is 72.7 cm³/mol. The Morgan fingerprint density at radius 2 is 2.11 bits per heavy atom. The molecule has 0 aliphatic heterocycles. The van der Waals surface area contributed by atoms with Crippen LogP contribution in [0.3, 0.4) is 0 Å². The van der Waals surface area contributed by atoms with Crippen LogP contribution in [0.2, 0.25) is 0 Å². The first-order chi connectivity index (χ1) is 8.38. The molecule has 0 aromatic heterocycles. The van der Waals surface area contributed by atoms with Crippen molar-refractivity contribution < 1.29 is 8.42 Å². The van der Waals surface area contributed by atoms with Crippen LogP contribution < -0.4 is 10.5 Å². The molecule has 0 amide bonds. The van der Waals surface area contributed by atoms with Gasteiger partial charge in [-0.2, -0.15) is 0 Å². The van der Waals surface area contributed by atoms with Crippen molar-refractivity contribution in [3.63, 3.8) is 0 Å². The van der Waals surface area contributed by atoms with E-state index in [1.54, 1.807) is 18.2 Å². The number of nitrogens with two attached hydrogens (primary N) is 1. The second kappa shape index (κ2) is 4.90. The van der Waals surface area contributed by atoms with Gasteiger partial charge in [0.1, 0.15) is 4.90 Å². The van der Waals surface area contributed by atoms with Crippen LogP contribution in [0.4, 0.5) is 5.69 Å². The Balaban J connectivity index is 2.13. The molecule has 1 aromatic carbocycles. The fourth-order valence-corrected chi connectivity index (χ4v) is 3.51. The van der Waals surface area contributed by atoms with Gasteiger partial charge in [0, 0.05) is 6.04 Å². The summed E-state index contributed by atoms with van der Waals surface area (Å²) in [6.07, 6.45) is 3.35. The number of hydrogen-bond acceptors (Lipinski definition) is 3. The summed E-state index contributed by atoms with van der Waals surface area (Å²) < 4.78 is 27.1. The fraction of sp³-hybridized carbons (Fsp3) is 0.538. The Morgan fingerprint density at radius 3 is 2.67 bits per heavy atom. The van der Waals surface area contributed by atoms with Gasteiger partial charge in [-0.15, -0.1) is 0 Å². The molecule has 100 valence electrons. The van der Waals surface area contributed by atoms with Crippen LogP contribution in [0.25, 0.3) is 0 Å². The van der Waals surface area contributed by atoms with Crippen LogP contribution in [0, 0.1) is 12.8 Å². The summed E-state index contributed by atoms with van der Waals surface area (Å²) in [5, 5.41) is 0. The lowest BCUT2D eigenvalue weighted by Crippen LogP contribution is -2.33. The molecule has 0 radical (unpaired) electrons. The van der Waals surface area contributed by atoms with Crippen molar-refractivity contribution in [3.8, 4) is 0 Å². The van der Waals surface area contributed by atoms with Crippen LogP contribution in [0.15, 0.2) is 23.1 Å². The van der Waals surface area contributed by atoms with E-state index in [-0.39, 0.29) is 10.9 Å². The van der Waals surface area contributed by atoms with Gasteiger partial charge in [-0.1, -0.05) is 18.9 Å². The summed E-state index contributed by atoms with van der Waals surface area (Å²) in [4.78, 5) is 0.177. The molecule has 1 atom stereocenters. The van der Waals surface area contributed by atoms with Crippen molar-refractivity contribution in [2.75, 3.05) is 5.73 Å². The molecule has 1 unspecified atom stereocenters. The summed E-state index contributed by atoms with van der Waals surface area (Å²) in [6, 6.07) is 4.97. The topological polar surface area (TPSA) is 72.2 Å². The van der Waals surface area contributed by atoms with Gasteiger partial charge in [-0.05, 0) is 43.9 Å². The van der Waals surface area contributed by atoms with E-state index < -0.39 is 10.0 Å². The minimum absolute atomic E-state index is 0.0387. The molecule has 0 saturated heterocycles. The molecule has 0 bridgehead atoms. The van der Waals surface area contributed by atoms with E-state index in [0.29, 0.717) is 11.6 Å². The molecule has 3 N–H and O–H groups in total.